The lowest BCUT2D eigenvalue weighted by Crippen LogP contribution is -2.09. The molecular formula is C13H14F2N2O. The minimum absolute atomic E-state index is 0.0463. The van der Waals surface area contributed by atoms with Crippen molar-refractivity contribution in [1.29, 1.82) is 0 Å². The monoisotopic (exact) mass is 252 g/mol. The molecule has 0 radical (unpaired) electrons. The fraction of sp³-hybridized carbons (Fsp3) is 0.308. The zero-order valence-corrected chi connectivity index (χ0v) is 9.92. The Morgan fingerprint density at radius 2 is 1.78 bits per heavy atom. The summed E-state index contributed by atoms with van der Waals surface area (Å²) in [5.74, 6) is 0. The quantitative estimate of drug-likeness (QED) is 0.908. The SMILES string of the molecule is CCn1nccc1C(O)c1ccc(C(F)F)cc1. The minimum Gasteiger partial charge on any atom is -0.382 e. The van der Waals surface area contributed by atoms with Gasteiger partial charge in [0.25, 0.3) is 6.43 Å². The maximum Gasteiger partial charge on any atom is 0.263 e. The van der Waals surface area contributed by atoms with Gasteiger partial charge in [0.05, 0.1) is 5.69 Å². The topological polar surface area (TPSA) is 38.0 Å². The van der Waals surface area contributed by atoms with Crippen molar-refractivity contribution in [2.45, 2.75) is 26.0 Å². The molecule has 0 aliphatic rings. The molecule has 5 heteroatoms. The molecule has 18 heavy (non-hydrogen) atoms. The predicted molar refractivity (Wildman–Crippen MR) is 63.4 cm³/mol. The van der Waals surface area contributed by atoms with Gasteiger partial charge in [0.2, 0.25) is 0 Å². The van der Waals surface area contributed by atoms with Gasteiger partial charge in [0, 0.05) is 18.3 Å². The van der Waals surface area contributed by atoms with E-state index in [1.807, 2.05) is 6.92 Å². The summed E-state index contributed by atoms with van der Waals surface area (Å²) in [5, 5.41) is 14.2. The Labute approximate surface area is 104 Å². The van der Waals surface area contributed by atoms with Gasteiger partial charge in [-0.2, -0.15) is 5.10 Å². The predicted octanol–water partition coefficient (Wildman–Crippen LogP) is 2.92. The first-order chi connectivity index (χ1) is 8.63. The van der Waals surface area contributed by atoms with Crippen LogP contribution in [0.4, 0.5) is 8.78 Å². The highest BCUT2D eigenvalue weighted by molar-refractivity contribution is 5.29. The molecule has 0 saturated heterocycles. The maximum absolute atomic E-state index is 12.4. The molecule has 0 fully saturated rings. The van der Waals surface area contributed by atoms with E-state index in [4.69, 9.17) is 0 Å². The summed E-state index contributed by atoms with van der Waals surface area (Å²) in [6.07, 6.45) is -1.73. The number of alkyl halides is 2. The van der Waals surface area contributed by atoms with Gasteiger partial charge < -0.3 is 5.11 Å². The summed E-state index contributed by atoms with van der Waals surface area (Å²) in [6, 6.07) is 7.40. The second-order valence-corrected chi connectivity index (χ2v) is 3.94. The van der Waals surface area contributed by atoms with E-state index in [0.29, 0.717) is 17.8 Å². The van der Waals surface area contributed by atoms with Gasteiger partial charge in [-0.15, -0.1) is 0 Å². The van der Waals surface area contributed by atoms with Gasteiger partial charge in [-0.05, 0) is 18.6 Å². The molecule has 0 spiro atoms. The van der Waals surface area contributed by atoms with Crippen molar-refractivity contribution in [3.8, 4) is 0 Å². The summed E-state index contributed by atoms with van der Waals surface area (Å²) >= 11 is 0. The summed E-state index contributed by atoms with van der Waals surface area (Å²) < 4.78 is 26.5. The molecule has 1 unspecified atom stereocenters. The summed E-state index contributed by atoms with van der Waals surface area (Å²) in [6.45, 7) is 2.57. The van der Waals surface area contributed by atoms with Gasteiger partial charge in [-0.3, -0.25) is 4.68 Å². The number of halogens is 2. The van der Waals surface area contributed by atoms with Crippen LogP contribution in [0.5, 0.6) is 0 Å². The second-order valence-electron chi connectivity index (χ2n) is 3.94. The van der Waals surface area contributed by atoms with Gasteiger partial charge in [0.15, 0.2) is 0 Å². The lowest BCUT2D eigenvalue weighted by molar-refractivity contribution is 0.151. The van der Waals surface area contributed by atoms with Gasteiger partial charge in [-0.1, -0.05) is 24.3 Å². The van der Waals surface area contributed by atoms with E-state index in [0.717, 1.165) is 0 Å². The molecule has 3 nitrogen and oxygen atoms in total. The molecule has 0 saturated carbocycles. The van der Waals surface area contributed by atoms with Crippen molar-refractivity contribution in [2.75, 3.05) is 0 Å². The summed E-state index contributed by atoms with van der Waals surface area (Å²) in [7, 11) is 0. The van der Waals surface area contributed by atoms with Crippen LogP contribution in [0, 0.1) is 0 Å². The molecule has 0 bridgehead atoms. The van der Waals surface area contributed by atoms with Crippen molar-refractivity contribution >= 4 is 0 Å². The number of aliphatic hydroxyl groups excluding tert-OH is 1. The highest BCUT2D eigenvalue weighted by Gasteiger charge is 2.15. The Morgan fingerprint density at radius 1 is 1.17 bits per heavy atom. The number of nitrogens with zero attached hydrogens (tertiary/aromatic N) is 2. The van der Waals surface area contributed by atoms with Crippen molar-refractivity contribution in [3.63, 3.8) is 0 Å². The van der Waals surface area contributed by atoms with Crippen LogP contribution in [-0.4, -0.2) is 14.9 Å². The molecule has 96 valence electrons. The van der Waals surface area contributed by atoms with Crippen molar-refractivity contribution < 1.29 is 13.9 Å². The minimum atomic E-state index is -2.49. The van der Waals surface area contributed by atoms with Crippen LogP contribution in [0.3, 0.4) is 0 Å². The van der Waals surface area contributed by atoms with Crippen LogP contribution in [0.1, 0.15) is 36.3 Å². The van der Waals surface area contributed by atoms with E-state index in [9.17, 15) is 13.9 Å². The standard InChI is InChI=1S/C13H14F2N2O/c1-2-17-11(7-8-16-17)12(18)9-3-5-10(6-4-9)13(14)15/h3-8,12-13,18H,2H2,1H3. The van der Waals surface area contributed by atoms with Crippen molar-refractivity contribution in [1.82, 2.24) is 9.78 Å². The summed E-state index contributed by atoms with van der Waals surface area (Å²) in [4.78, 5) is 0. The Balaban J connectivity index is 2.26. The first-order valence-corrected chi connectivity index (χ1v) is 5.71. The number of rotatable bonds is 4. The molecule has 1 aromatic heterocycles. The van der Waals surface area contributed by atoms with E-state index < -0.39 is 12.5 Å². The second kappa shape index (κ2) is 5.27. The largest absolute Gasteiger partial charge is 0.382 e. The molecule has 2 rings (SSSR count). The number of hydrogen-bond donors (Lipinski definition) is 1. The van der Waals surface area contributed by atoms with Crippen LogP contribution in [0.15, 0.2) is 36.5 Å². The zero-order chi connectivity index (χ0) is 13.1. The Kier molecular flexibility index (Phi) is 3.72. The molecule has 0 aliphatic heterocycles. The zero-order valence-electron chi connectivity index (χ0n) is 9.92. The van der Waals surface area contributed by atoms with Crippen LogP contribution < -0.4 is 0 Å². The third-order valence-corrected chi connectivity index (χ3v) is 2.83. The normalized spacial score (nSPS) is 12.9. The average molecular weight is 252 g/mol. The van der Waals surface area contributed by atoms with Gasteiger partial charge in [-0.25, -0.2) is 8.78 Å². The van der Waals surface area contributed by atoms with E-state index in [2.05, 4.69) is 5.10 Å². The molecule has 2 aromatic rings. The lowest BCUT2D eigenvalue weighted by atomic mass is 10.0. The van der Waals surface area contributed by atoms with Crippen LogP contribution in [0.2, 0.25) is 0 Å². The molecule has 0 aliphatic carbocycles. The van der Waals surface area contributed by atoms with E-state index in [-0.39, 0.29) is 5.56 Å². The molecule has 1 atom stereocenters. The first-order valence-electron chi connectivity index (χ1n) is 5.71. The van der Waals surface area contributed by atoms with E-state index in [1.165, 1.54) is 24.3 Å². The lowest BCUT2D eigenvalue weighted by Gasteiger charge is -2.13. The van der Waals surface area contributed by atoms with Gasteiger partial charge in [0.1, 0.15) is 6.10 Å². The highest BCUT2D eigenvalue weighted by Crippen LogP contribution is 2.25. The first kappa shape index (κ1) is 12.7. The molecule has 0 amide bonds. The third kappa shape index (κ3) is 2.41. The molecule has 1 heterocycles. The number of hydrogen-bond acceptors (Lipinski definition) is 2. The number of aromatic nitrogens is 2. The van der Waals surface area contributed by atoms with E-state index in [1.54, 1.807) is 16.9 Å². The van der Waals surface area contributed by atoms with Crippen LogP contribution >= 0.6 is 0 Å². The number of benzene rings is 1. The van der Waals surface area contributed by atoms with Crippen molar-refractivity contribution in [3.05, 3.63) is 53.3 Å². The molecule has 1 aromatic carbocycles. The Morgan fingerprint density at radius 3 is 2.33 bits per heavy atom. The Hall–Kier alpha value is -1.75. The molecular weight excluding hydrogens is 238 g/mol. The Bertz CT molecular complexity index is 508. The maximum atomic E-state index is 12.4. The van der Waals surface area contributed by atoms with Crippen LogP contribution in [0.25, 0.3) is 0 Å². The summed E-state index contributed by atoms with van der Waals surface area (Å²) in [5.41, 5.74) is 1.19. The average Bonchev–Trinajstić information content (AvgIpc) is 2.86. The smallest absolute Gasteiger partial charge is 0.263 e. The van der Waals surface area contributed by atoms with Crippen LogP contribution in [-0.2, 0) is 6.54 Å². The fourth-order valence-corrected chi connectivity index (χ4v) is 1.83. The van der Waals surface area contributed by atoms with Gasteiger partial charge >= 0.3 is 0 Å². The number of aryl methyl sites for hydroxylation is 1. The van der Waals surface area contributed by atoms with E-state index >= 15 is 0 Å². The molecule has 1 N–H and O–H groups in total. The number of aliphatic hydroxyl groups is 1. The highest BCUT2D eigenvalue weighted by atomic mass is 19.3. The third-order valence-electron chi connectivity index (χ3n) is 2.83. The van der Waals surface area contributed by atoms with Crippen molar-refractivity contribution in [2.24, 2.45) is 0 Å². The fourth-order valence-electron chi connectivity index (χ4n) is 1.83.